The Labute approximate surface area is 101 Å². The van der Waals surface area contributed by atoms with E-state index in [0.29, 0.717) is 13.2 Å². The molecule has 0 amide bonds. The number of carboxylic acids is 1. The topological polar surface area (TPSA) is 46.5 Å². The minimum absolute atomic E-state index is 0.198. The van der Waals surface area contributed by atoms with Gasteiger partial charge in [0.1, 0.15) is 0 Å². The van der Waals surface area contributed by atoms with E-state index in [4.69, 9.17) is 4.74 Å². The van der Waals surface area contributed by atoms with Crippen LogP contribution in [0, 0.1) is 12.8 Å². The van der Waals surface area contributed by atoms with Gasteiger partial charge in [-0.1, -0.05) is 29.8 Å². The number of carboxylic acid groups (broad SMARTS) is 1. The van der Waals surface area contributed by atoms with E-state index in [1.165, 1.54) is 0 Å². The van der Waals surface area contributed by atoms with Gasteiger partial charge in [-0.3, -0.25) is 4.79 Å². The molecule has 3 heteroatoms. The number of aryl methyl sites for hydroxylation is 1. The minimum Gasteiger partial charge on any atom is -0.481 e. The van der Waals surface area contributed by atoms with Gasteiger partial charge >= 0.3 is 5.97 Å². The standard InChI is InChI=1S/C14H18O3/c1-10-2-4-11(5-3-10)13(14(15)16)12-6-8-17-9-7-12/h2-5,12-13H,6-9H2,1H3,(H,15,16). The van der Waals surface area contributed by atoms with Crippen molar-refractivity contribution in [3.63, 3.8) is 0 Å². The molecule has 0 aliphatic carbocycles. The summed E-state index contributed by atoms with van der Waals surface area (Å²) in [6.45, 7) is 3.37. The first kappa shape index (κ1) is 12.1. The summed E-state index contributed by atoms with van der Waals surface area (Å²) in [5.41, 5.74) is 2.07. The predicted molar refractivity (Wildman–Crippen MR) is 65.1 cm³/mol. The first-order valence-corrected chi connectivity index (χ1v) is 6.05. The van der Waals surface area contributed by atoms with Crippen LogP contribution in [0.1, 0.15) is 29.9 Å². The number of rotatable bonds is 3. The molecular formula is C14H18O3. The fourth-order valence-electron chi connectivity index (χ4n) is 2.44. The van der Waals surface area contributed by atoms with Gasteiger partial charge in [0.05, 0.1) is 5.92 Å². The van der Waals surface area contributed by atoms with Crippen molar-refractivity contribution in [3.8, 4) is 0 Å². The minimum atomic E-state index is -0.722. The van der Waals surface area contributed by atoms with E-state index in [1.54, 1.807) is 0 Å². The number of benzene rings is 1. The average Bonchev–Trinajstić information content (AvgIpc) is 2.33. The van der Waals surface area contributed by atoms with E-state index < -0.39 is 5.97 Å². The third-order valence-electron chi connectivity index (χ3n) is 3.44. The average molecular weight is 234 g/mol. The summed E-state index contributed by atoms with van der Waals surface area (Å²) in [6.07, 6.45) is 1.68. The van der Waals surface area contributed by atoms with Crippen molar-refractivity contribution in [2.45, 2.75) is 25.7 Å². The predicted octanol–water partition coefficient (Wildman–Crippen LogP) is 2.59. The van der Waals surface area contributed by atoms with E-state index >= 15 is 0 Å². The monoisotopic (exact) mass is 234 g/mol. The van der Waals surface area contributed by atoms with Gasteiger partial charge in [-0.15, -0.1) is 0 Å². The van der Waals surface area contributed by atoms with Crippen LogP contribution in [-0.2, 0) is 9.53 Å². The summed E-state index contributed by atoms with van der Waals surface area (Å²) in [7, 11) is 0. The number of ether oxygens (including phenoxy) is 1. The van der Waals surface area contributed by atoms with Crippen LogP contribution < -0.4 is 0 Å². The summed E-state index contributed by atoms with van der Waals surface area (Å²) in [5.74, 6) is -0.913. The molecule has 0 radical (unpaired) electrons. The van der Waals surface area contributed by atoms with Crippen molar-refractivity contribution in [1.29, 1.82) is 0 Å². The second-order valence-corrected chi connectivity index (χ2v) is 4.68. The zero-order chi connectivity index (χ0) is 12.3. The lowest BCUT2D eigenvalue weighted by atomic mass is 9.81. The molecule has 0 saturated carbocycles. The lowest BCUT2D eigenvalue weighted by molar-refractivity contribution is -0.141. The van der Waals surface area contributed by atoms with Crippen LogP contribution in [0.15, 0.2) is 24.3 Å². The van der Waals surface area contributed by atoms with Crippen LogP contribution in [0.2, 0.25) is 0 Å². The highest BCUT2D eigenvalue weighted by molar-refractivity contribution is 5.76. The Balaban J connectivity index is 2.21. The molecule has 1 aromatic rings. The Bertz CT molecular complexity index is 377. The van der Waals surface area contributed by atoms with E-state index in [-0.39, 0.29) is 11.8 Å². The third kappa shape index (κ3) is 2.86. The van der Waals surface area contributed by atoms with Crippen molar-refractivity contribution in [2.75, 3.05) is 13.2 Å². The molecule has 17 heavy (non-hydrogen) atoms. The molecule has 0 spiro atoms. The molecule has 1 unspecified atom stereocenters. The molecule has 0 aromatic heterocycles. The molecule has 1 heterocycles. The zero-order valence-corrected chi connectivity index (χ0v) is 10.1. The molecule has 1 aromatic carbocycles. The Morgan fingerprint density at radius 3 is 2.41 bits per heavy atom. The van der Waals surface area contributed by atoms with Crippen molar-refractivity contribution in [3.05, 3.63) is 35.4 Å². The molecule has 1 aliphatic heterocycles. The largest absolute Gasteiger partial charge is 0.481 e. The molecule has 1 N–H and O–H groups in total. The normalized spacial score (nSPS) is 18.9. The third-order valence-corrected chi connectivity index (χ3v) is 3.44. The molecule has 1 atom stereocenters. The van der Waals surface area contributed by atoms with Gasteiger partial charge in [0, 0.05) is 13.2 Å². The molecule has 1 fully saturated rings. The molecule has 92 valence electrons. The van der Waals surface area contributed by atoms with E-state index in [0.717, 1.165) is 24.0 Å². The molecule has 2 rings (SSSR count). The van der Waals surface area contributed by atoms with Gasteiger partial charge in [-0.25, -0.2) is 0 Å². The fourth-order valence-corrected chi connectivity index (χ4v) is 2.44. The Hall–Kier alpha value is -1.35. The second-order valence-electron chi connectivity index (χ2n) is 4.68. The van der Waals surface area contributed by atoms with E-state index in [2.05, 4.69) is 0 Å². The molecule has 1 aliphatic rings. The number of hydrogen-bond acceptors (Lipinski definition) is 2. The molecular weight excluding hydrogens is 216 g/mol. The van der Waals surface area contributed by atoms with Crippen LogP contribution in [0.5, 0.6) is 0 Å². The molecule has 3 nitrogen and oxygen atoms in total. The van der Waals surface area contributed by atoms with Crippen molar-refractivity contribution >= 4 is 5.97 Å². The summed E-state index contributed by atoms with van der Waals surface area (Å²) in [5, 5.41) is 9.41. The zero-order valence-electron chi connectivity index (χ0n) is 10.1. The maximum absolute atomic E-state index is 11.4. The first-order valence-electron chi connectivity index (χ1n) is 6.05. The van der Waals surface area contributed by atoms with Gasteiger partial charge in [-0.05, 0) is 31.2 Å². The van der Waals surface area contributed by atoms with Crippen LogP contribution >= 0.6 is 0 Å². The summed E-state index contributed by atoms with van der Waals surface area (Å²) >= 11 is 0. The second kappa shape index (κ2) is 5.32. The van der Waals surface area contributed by atoms with Gasteiger partial charge in [0.2, 0.25) is 0 Å². The molecule has 1 saturated heterocycles. The highest BCUT2D eigenvalue weighted by Crippen LogP contribution is 2.32. The van der Waals surface area contributed by atoms with Crippen LogP contribution in [0.3, 0.4) is 0 Å². The lowest BCUT2D eigenvalue weighted by Gasteiger charge is -2.27. The van der Waals surface area contributed by atoms with E-state index in [9.17, 15) is 9.90 Å². The maximum atomic E-state index is 11.4. The van der Waals surface area contributed by atoms with Crippen molar-refractivity contribution in [1.82, 2.24) is 0 Å². The highest BCUT2D eigenvalue weighted by Gasteiger charge is 2.30. The van der Waals surface area contributed by atoms with Crippen LogP contribution in [0.25, 0.3) is 0 Å². The van der Waals surface area contributed by atoms with Crippen molar-refractivity contribution in [2.24, 2.45) is 5.92 Å². The van der Waals surface area contributed by atoms with Gasteiger partial charge < -0.3 is 9.84 Å². The number of aliphatic carboxylic acids is 1. The van der Waals surface area contributed by atoms with Crippen molar-refractivity contribution < 1.29 is 14.6 Å². The fraction of sp³-hybridized carbons (Fsp3) is 0.500. The summed E-state index contributed by atoms with van der Waals surface area (Å²) < 4.78 is 5.29. The first-order chi connectivity index (χ1) is 8.18. The number of carbonyl (C=O) groups is 1. The van der Waals surface area contributed by atoms with Gasteiger partial charge in [0.25, 0.3) is 0 Å². The Kier molecular flexibility index (Phi) is 3.79. The Morgan fingerprint density at radius 2 is 1.88 bits per heavy atom. The van der Waals surface area contributed by atoms with Gasteiger partial charge in [-0.2, -0.15) is 0 Å². The van der Waals surface area contributed by atoms with Crippen LogP contribution in [-0.4, -0.2) is 24.3 Å². The quantitative estimate of drug-likeness (QED) is 0.874. The maximum Gasteiger partial charge on any atom is 0.311 e. The summed E-state index contributed by atoms with van der Waals surface area (Å²) in [6, 6.07) is 7.82. The SMILES string of the molecule is Cc1ccc(C(C(=O)O)C2CCOCC2)cc1. The van der Waals surface area contributed by atoms with Gasteiger partial charge in [0.15, 0.2) is 0 Å². The molecule has 0 bridgehead atoms. The highest BCUT2D eigenvalue weighted by atomic mass is 16.5. The Morgan fingerprint density at radius 1 is 1.29 bits per heavy atom. The number of hydrogen-bond donors (Lipinski definition) is 1. The summed E-state index contributed by atoms with van der Waals surface area (Å²) in [4.78, 5) is 11.4. The lowest BCUT2D eigenvalue weighted by Crippen LogP contribution is -2.27. The smallest absolute Gasteiger partial charge is 0.311 e. The van der Waals surface area contributed by atoms with Crippen LogP contribution in [0.4, 0.5) is 0 Å². The van der Waals surface area contributed by atoms with E-state index in [1.807, 2.05) is 31.2 Å².